The summed E-state index contributed by atoms with van der Waals surface area (Å²) >= 11 is 0.937. The van der Waals surface area contributed by atoms with Gasteiger partial charge in [0.25, 0.3) is 0 Å². The van der Waals surface area contributed by atoms with Crippen molar-refractivity contribution >= 4 is 24.5 Å². The van der Waals surface area contributed by atoms with Crippen LogP contribution in [0.25, 0.3) is 0 Å². The lowest BCUT2D eigenvalue weighted by Gasteiger charge is -2.38. The molecule has 0 aromatic heterocycles. The molecule has 3 rings (SSSR count). The molecule has 0 bridgehead atoms. The van der Waals surface area contributed by atoms with Gasteiger partial charge >= 0.3 is 7.60 Å². The van der Waals surface area contributed by atoms with Crippen molar-refractivity contribution in [3.05, 3.63) is 108 Å². The van der Waals surface area contributed by atoms with Crippen LogP contribution in [0.3, 0.4) is 0 Å². The van der Waals surface area contributed by atoms with Gasteiger partial charge in [-0.1, -0.05) is 103 Å². The number of carbonyl (C=O) groups is 1. The summed E-state index contributed by atoms with van der Waals surface area (Å²) in [4.78, 5) is 31.1. The summed E-state index contributed by atoms with van der Waals surface area (Å²) in [7, 11) is -4.14. The van der Waals surface area contributed by atoms with E-state index in [1.165, 1.54) is 0 Å². The zero-order valence-corrected chi connectivity index (χ0v) is 20.5. The zero-order valence-electron chi connectivity index (χ0n) is 18.8. The maximum Gasteiger partial charge on any atom is 0.326 e. The summed E-state index contributed by atoms with van der Waals surface area (Å²) in [6.07, 6.45) is -0.331. The number of hydrogen-bond acceptors (Lipinski definition) is 4. The molecule has 0 amide bonds. The van der Waals surface area contributed by atoms with Crippen LogP contribution < -0.4 is 0 Å². The van der Waals surface area contributed by atoms with Crippen molar-refractivity contribution in [1.29, 1.82) is 0 Å². The molecule has 2 N–H and O–H groups in total. The van der Waals surface area contributed by atoms with E-state index >= 15 is 0 Å². The van der Waals surface area contributed by atoms with Crippen molar-refractivity contribution in [3.8, 4) is 0 Å². The molecule has 0 aliphatic carbocycles. The van der Waals surface area contributed by atoms with Crippen LogP contribution in [-0.2, 0) is 19.7 Å². The summed E-state index contributed by atoms with van der Waals surface area (Å²) in [6.45, 7) is 3.71. The van der Waals surface area contributed by atoms with Gasteiger partial charge in [-0.25, -0.2) is 0 Å². The highest BCUT2D eigenvalue weighted by Gasteiger charge is 2.40. The molecule has 0 saturated carbocycles. The van der Waals surface area contributed by atoms with Gasteiger partial charge in [-0.3, -0.25) is 9.36 Å². The van der Waals surface area contributed by atoms with Gasteiger partial charge in [0.2, 0.25) is 0 Å². The summed E-state index contributed by atoms with van der Waals surface area (Å²) in [5, 5.41) is -0.168. The van der Waals surface area contributed by atoms with E-state index in [9.17, 15) is 9.36 Å². The van der Waals surface area contributed by atoms with Gasteiger partial charge in [-0.05, 0) is 30.5 Å². The molecule has 5 nitrogen and oxygen atoms in total. The van der Waals surface area contributed by atoms with Gasteiger partial charge in [0.15, 0.2) is 5.12 Å². The standard InChI is InChI=1S/C26H29O5PS/c1-25(2,24(27)33-19-18-32(28,29)30)20-31-26(21-12-6-3-7-13-21,22-14-8-4-9-15-22)23-16-10-5-11-17-23/h3-17H,18-20H2,1-2H3,(H2,28,29,30). The Morgan fingerprint density at radius 3 is 1.58 bits per heavy atom. The van der Waals surface area contributed by atoms with Gasteiger partial charge < -0.3 is 14.5 Å². The van der Waals surface area contributed by atoms with Crippen LogP contribution in [0.4, 0.5) is 0 Å². The van der Waals surface area contributed by atoms with Gasteiger partial charge in [0.05, 0.1) is 18.2 Å². The number of hydrogen-bond donors (Lipinski definition) is 2. The Kier molecular flexibility index (Phi) is 8.33. The van der Waals surface area contributed by atoms with Gasteiger partial charge in [0, 0.05) is 5.75 Å². The minimum atomic E-state index is -4.14. The second-order valence-electron chi connectivity index (χ2n) is 8.48. The third-order valence-electron chi connectivity index (χ3n) is 5.36. The number of benzene rings is 3. The molecular weight excluding hydrogens is 455 g/mol. The average molecular weight is 485 g/mol. The lowest BCUT2D eigenvalue weighted by molar-refractivity contribution is -0.124. The first-order chi connectivity index (χ1) is 15.7. The molecular formula is C26H29O5PS. The minimum absolute atomic E-state index is 0.0632. The molecule has 0 saturated heterocycles. The first kappa shape index (κ1) is 25.4. The van der Waals surface area contributed by atoms with Crippen molar-refractivity contribution in [2.75, 3.05) is 18.5 Å². The largest absolute Gasteiger partial charge is 0.360 e. The van der Waals surface area contributed by atoms with E-state index in [0.717, 1.165) is 28.5 Å². The highest BCUT2D eigenvalue weighted by molar-refractivity contribution is 8.13. The first-order valence-corrected chi connectivity index (χ1v) is 13.5. The van der Waals surface area contributed by atoms with Crippen LogP contribution >= 0.6 is 19.4 Å². The van der Waals surface area contributed by atoms with Crippen LogP contribution in [0, 0.1) is 5.41 Å². The van der Waals surface area contributed by atoms with Gasteiger partial charge in [-0.2, -0.15) is 0 Å². The monoisotopic (exact) mass is 484 g/mol. The lowest BCUT2D eigenvalue weighted by atomic mass is 9.79. The van der Waals surface area contributed by atoms with Crippen molar-refractivity contribution in [1.82, 2.24) is 0 Å². The van der Waals surface area contributed by atoms with Crippen LogP contribution in [-0.4, -0.2) is 33.4 Å². The van der Waals surface area contributed by atoms with E-state index in [1.54, 1.807) is 13.8 Å². The summed E-state index contributed by atoms with van der Waals surface area (Å²) in [6, 6.07) is 29.8. The minimum Gasteiger partial charge on any atom is -0.360 e. The highest BCUT2D eigenvalue weighted by atomic mass is 32.2. The third kappa shape index (κ3) is 6.44. The Labute approximate surface area is 199 Å². The van der Waals surface area contributed by atoms with Crippen LogP contribution in [0.1, 0.15) is 30.5 Å². The quantitative estimate of drug-likeness (QED) is 0.294. The molecule has 0 fully saturated rings. The van der Waals surface area contributed by atoms with E-state index in [0.29, 0.717) is 0 Å². The fraction of sp³-hybridized carbons (Fsp3) is 0.269. The maximum absolute atomic E-state index is 12.9. The van der Waals surface area contributed by atoms with E-state index < -0.39 is 18.6 Å². The summed E-state index contributed by atoms with van der Waals surface area (Å²) < 4.78 is 17.9. The molecule has 33 heavy (non-hydrogen) atoms. The topological polar surface area (TPSA) is 83.8 Å². The second-order valence-corrected chi connectivity index (χ2v) is 11.3. The molecule has 0 heterocycles. The van der Waals surface area contributed by atoms with Crippen LogP contribution in [0.5, 0.6) is 0 Å². The predicted octanol–water partition coefficient (Wildman–Crippen LogP) is 5.46. The fourth-order valence-electron chi connectivity index (χ4n) is 3.57. The van der Waals surface area contributed by atoms with Gasteiger partial charge in [-0.15, -0.1) is 0 Å². The highest BCUT2D eigenvalue weighted by Crippen LogP contribution is 2.42. The molecule has 7 heteroatoms. The molecule has 0 aliphatic heterocycles. The van der Waals surface area contributed by atoms with E-state index in [4.69, 9.17) is 14.5 Å². The van der Waals surface area contributed by atoms with E-state index in [1.807, 2.05) is 91.0 Å². The predicted molar refractivity (Wildman–Crippen MR) is 133 cm³/mol. The van der Waals surface area contributed by atoms with Crippen LogP contribution in [0.2, 0.25) is 0 Å². The first-order valence-electron chi connectivity index (χ1n) is 10.7. The maximum atomic E-state index is 12.9. The molecule has 0 atom stereocenters. The van der Waals surface area contributed by atoms with Crippen molar-refractivity contribution in [2.24, 2.45) is 5.41 Å². The Balaban J connectivity index is 1.97. The van der Waals surface area contributed by atoms with E-state index in [-0.39, 0.29) is 23.6 Å². The molecule has 0 aliphatic rings. The second kappa shape index (κ2) is 10.8. The number of ether oxygens (including phenoxy) is 1. The lowest BCUT2D eigenvalue weighted by Crippen LogP contribution is -2.38. The Hall–Kier alpha value is -2.21. The summed E-state index contributed by atoms with van der Waals surface area (Å²) in [5.74, 6) is 0.0632. The van der Waals surface area contributed by atoms with Gasteiger partial charge in [0.1, 0.15) is 5.60 Å². The molecule has 0 spiro atoms. The fourth-order valence-corrected chi connectivity index (χ4v) is 5.52. The van der Waals surface area contributed by atoms with Crippen molar-refractivity contribution < 1.29 is 23.9 Å². The number of thioether (sulfide) groups is 1. The van der Waals surface area contributed by atoms with E-state index in [2.05, 4.69) is 0 Å². The SMILES string of the molecule is CC(C)(COC(c1ccccc1)(c1ccccc1)c1ccccc1)C(=O)SCCP(=O)(O)O. The molecule has 0 radical (unpaired) electrons. The molecule has 3 aromatic carbocycles. The molecule has 0 unspecified atom stereocenters. The average Bonchev–Trinajstić information content (AvgIpc) is 2.81. The molecule has 174 valence electrons. The number of rotatable bonds is 10. The smallest absolute Gasteiger partial charge is 0.326 e. The normalized spacial score (nSPS) is 12.5. The van der Waals surface area contributed by atoms with Crippen molar-refractivity contribution in [2.45, 2.75) is 19.4 Å². The van der Waals surface area contributed by atoms with Crippen LogP contribution in [0.15, 0.2) is 91.0 Å². The Morgan fingerprint density at radius 2 is 1.21 bits per heavy atom. The van der Waals surface area contributed by atoms with Crippen molar-refractivity contribution in [3.63, 3.8) is 0 Å². The molecule has 3 aromatic rings. The Bertz CT molecular complexity index is 985. The zero-order chi connectivity index (χ0) is 24.0. The number of carbonyl (C=O) groups excluding carboxylic acids is 1. The Morgan fingerprint density at radius 1 is 0.818 bits per heavy atom. The summed E-state index contributed by atoms with van der Waals surface area (Å²) in [5.41, 5.74) is 1.03. The third-order valence-corrected chi connectivity index (χ3v) is 7.69.